The monoisotopic (exact) mass is 344 g/mol. The van der Waals surface area contributed by atoms with Gasteiger partial charge >= 0.3 is 0 Å². The molecule has 0 bridgehead atoms. The smallest absolute Gasteiger partial charge is 0.264 e. The lowest BCUT2D eigenvalue weighted by Crippen LogP contribution is -2.30. The highest BCUT2D eigenvalue weighted by atomic mass is 32.2. The summed E-state index contributed by atoms with van der Waals surface area (Å²) < 4.78 is 27.0. The highest BCUT2D eigenvalue weighted by Gasteiger charge is 2.23. The van der Waals surface area contributed by atoms with E-state index in [1.165, 1.54) is 28.6 Å². The minimum absolute atomic E-state index is 0.147. The first-order valence-corrected chi connectivity index (χ1v) is 9.01. The lowest BCUT2D eigenvalue weighted by molar-refractivity contribution is 0.0958. The molecule has 0 unspecified atom stereocenters. The number of rotatable bonds is 7. The summed E-state index contributed by atoms with van der Waals surface area (Å²) in [6.07, 6.45) is 1.58. The molecular weight excluding hydrogens is 324 g/mol. The second-order valence-electron chi connectivity index (χ2n) is 5.03. The molecule has 0 radical (unpaired) electrons. The van der Waals surface area contributed by atoms with Gasteiger partial charge in [0.05, 0.1) is 10.6 Å². The zero-order valence-electron chi connectivity index (χ0n) is 13.5. The Hall–Kier alpha value is -2.60. The zero-order valence-corrected chi connectivity index (χ0v) is 14.3. The van der Waals surface area contributed by atoms with Crippen LogP contribution >= 0.6 is 0 Å². The fourth-order valence-corrected chi connectivity index (χ4v) is 3.73. The van der Waals surface area contributed by atoms with Crippen LogP contribution in [0.4, 0.5) is 5.69 Å². The topological polar surface area (TPSA) is 66.5 Å². The third kappa shape index (κ3) is 3.83. The Morgan fingerprint density at radius 3 is 2.29 bits per heavy atom. The van der Waals surface area contributed by atoms with Crippen LogP contribution < -0.4 is 9.62 Å². The molecule has 0 heterocycles. The van der Waals surface area contributed by atoms with Gasteiger partial charge in [-0.15, -0.1) is 6.58 Å². The van der Waals surface area contributed by atoms with Gasteiger partial charge in [0.15, 0.2) is 0 Å². The fourth-order valence-electron chi connectivity index (χ4n) is 2.26. The molecule has 0 aliphatic rings. The van der Waals surface area contributed by atoms with Crippen molar-refractivity contribution in [3.63, 3.8) is 0 Å². The number of anilines is 1. The van der Waals surface area contributed by atoms with Crippen molar-refractivity contribution >= 4 is 21.6 Å². The number of carbonyl (C=O) groups excluding carboxylic acids is 1. The van der Waals surface area contributed by atoms with Crippen molar-refractivity contribution in [3.05, 3.63) is 72.8 Å². The highest BCUT2D eigenvalue weighted by Crippen LogP contribution is 2.23. The van der Waals surface area contributed by atoms with Gasteiger partial charge in [-0.25, -0.2) is 8.42 Å². The minimum atomic E-state index is -3.68. The molecule has 0 spiro atoms. The first kappa shape index (κ1) is 17.7. The molecular formula is C18H20N2O3S. The molecule has 6 heteroatoms. The Morgan fingerprint density at radius 2 is 1.75 bits per heavy atom. The average Bonchev–Trinajstić information content (AvgIpc) is 2.61. The van der Waals surface area contributed by atoms with Crippen molar-refractivity contribution in [1.82, 2.24) is 5.32 Å². The van der Waals surface area contributed by atoms with Gasteiger partial charge in [-0.1, -0.05) is 24.3 Å². The predicted molar refractivity (Wildman–Crippen MR) is 95.6 cm³/mol. The lowest BCUT2D eigenvalue weighted by Gasteiger charge is -2.23. The van der Waals surface area contributed by atoms with E-state index >= 15 is 0 Å². The van der Waals surface area contributed by atoms with Crippen LogP contribution in [0.2, 0.25) is 0 Å². The molecule has 2 aromatic carbocycles. The fraction of sp³-hybridized carbons (Fsp3) is 0.167. The van der Waals surface area contributed by atoms with Gasteiger partial charge in [0.1, 0.15) is 0 Å². The molecule has 0 aromatic heterocycles. The van der Waals surface area contributed by atoms with Crippen LogP contribution in [0.5, 0.6) is 0 Å². The standard InChI is InChI=1S/C18H20N2O3S/c1-3-14-19-18(21)15-10-12-17(13-11-15)24(22,23)20(4-2)16-8-6-5-7-9-16/h3,5-13H,1,4,14H2,2H3,(H,19,21). The van der Waals surface area contributed by atoms with Crippen LogP contribution in [-0.2, 0) is 10.0 Å². The van der Waals surface area contributed by atoms with E-state index < -0.39 is 10.0 Å². The van der Waals surface area contributed by atoms with Crippen molar-refractivity contribution in [1.29, 1.82) is 0 Å². The van der Waals surface area contributed by atoms with E-state index in [0.717, 1.165) is 0 Å². The number of benzene rings is 2. The lowest BCUT2D eigenvalue weighted by atomic mass is 10.2. The summed E-state index contributed by atoms with van der Waals surface area (Å²) in [5.41, 5.74) is 1.01. The van der Waals surface area contributed by atoms with Crippen molar-refractivity contribution in [2.45, 2.75) is 11.8 Å². The average molecular weight is 344 g/mol. The molecule has 0 aliphatic heterocycles. The number of amides is 1. The summed E-state index contributed by atoms with van der Waals surface area (Å²) in [6, 6.07) is 14.8. The van der Waals surface area contributed by atoms with Crippen LogP contribution in [0.15, 0.2) is 72.1 Å². The summed E-state index contributed by atoms with van der Waals surface area (Å²) in [5, 5.41) is 2.65. The van der Waals surface area contributed by atoms with Crippen LogP contribution in [0, 0.1) is 0 Å². The van der Waals surface area contributed by atoms with Crippen molar-refractivity contribution in [3.8, 4) is 0 Å². The van der Waals surface area contributed by atoms with Gasteiger partial charge in [-0.3, -0.25) is 9.10 Å². The van der Waals surface area contributed by atoms with E-state index in [-0.39, 0.29) is 10.8 Å². The van der Waals surface area contributed by atoms with Crippen LogP contribution in [0.1, 0.15) is 17.3 Å². The molecule has 0 fully saturated rings. The van der Waals surface area contributed by atoms with Gasteiger partial charge in [0.2, 0.25) is 0 Å². The molecule has 0 saturated heterocycles. The largest absolute Gasteiger partial charge is 0.349 e. The van der Waals surface area contributed by atoms with Crippen LogP contribution in [0.3, 0.4) is 0 Å². The Morgan fingerprint density at radius 1 is 1.12 bits per heavy atom. The van der Waals surface area contributed by atoms with Crippen LogP contribution in [0.25, 0.3) is 0 Å². The summed E-state index contributed by atoms with van der Waals surface area (Å²) in [7, 11) is -3.68. The summed E-state index contributed by atoms with van der Waals surface area (Å²) >= 11 is 0. The third-order valence-corrected chi connectivity index (χ3v) is 5.36. The molecule has 0 saturated carbocycles. The summed E-state index contributed by atoms with van der Waals surface area (Å²) in [6.45, 7) is 5.98. The van der Waals surface area contributed by atoms with E-state index in [0.29, 0.717) is 24.3 Å². The highest BCUT2D eigenvalue weighted by molar-refractivity contribution is 7.92. The first-order chi connectivity index (χ1) is 11.5. The molecule has 24 heavy (non-hydrogen) atoms. The molecule has 0 aliphatic carbocycles. The van der Waals surface area contributed by atoms with E-state index in [1.807, 2.05) is 6.07 Å². The second-order valence-corrected chi connectivity index (χ2v) is 6.89. The molecule has 2 rings (SSSR count). The number of hydrogen-bond acceptors (Lipinski definition) is 3. The number of sulfonamides is 1. The molecule has 5 nitrogen and oxygen atoms in total. The van der Waals surface area contributed by atoms with Crippen molar-refractivity contribution in [2.75, 3.05) is 17.4 Å². The molecule has 126 valence electrons. The molecule has 2 aromatic rings. The van der Waals surface area contributed by atoms with Gasteiger partial charge in [0.25, 0.3) is 15.9 Å². The van der Waals surface area contributed by atoms with Crippen LogP contribution in [-0.4, -0.2) is 27.4 Å². The number of hydrogen-bond donors (Lipinski definition) is 1. The SMILES string of the molecule is C=CCNC(=O)c1ccc(S(=O)(=O)N(CC)c2ccccc2)cc1. The van der Waals surface area contributed by atoms with E-state index in [9.17, 15) is 13.2 Å². The summed E-state index contributed by atoms with van der Waals surface area (Å²) in [4.78, 5) is 12.0. The maximum atomic E-state index is 12.8. The normalized spacial score (nSPS) is 10.9. The quantitative estimate of drug-likeness (QED) is 0.786. The number of nitrogens with zero attached hydrogens (tertiary/aromatic N) is 1. The Labute approximate surface area is 142 Å². The van der Waals surface area contributed by atoms with Crippen molar-refractivity contribution < 1.29 is 13.2 Å². The maximum Gasteiger partial charge on any atom is 0.264 e. The van der Waals surface area contributed by atoms with Gasteiger partial charge in [0, 0.05) is 18.7 Å². The molecule has 0 atom stereocenters. The molecule has 1 N–H and O–H groups in total. The third-order valence-electron chi connectivity index (χ3n) is 3.44. The Kier molecular flexibility index (Phi) is 5.76. The van der Waals surface area contributed by atoms with Gasteiger partial charge in [-0.05, 0) is 43.3 Å². The second kappa shape index (κ2) is 7.79. The van der Waals surface area contributed by atoms with Crippen molar-refractivity contribution in [2.24, 2.45) is 0 Å². The van der Waals surface area contributed by atoms with E-state index in [1.54, 1.807) is 37.3 Å². The number of carbonyl (C=O) groups is 1. The first-order valence-electron chi connectivity index (χ1n) is 7.57. The maximum absolute atomic E-state index is 12.8. The number of nitrogens with one attached hydrogen (secondary N) is 1. The molecule has 1 amide bonds. The minimum Gasteiger partial charge on any atom is -0.349 e. The Balaban J connectivity index is 2.29. The zero-order chi connectivity index (χ0) is 17.6. The van der Waals surface area contributed by atoms with E-state index in [2.05, 4.69) is 11.9 Å². The van der Waals surface area contributed by atoms with E-state index in [4.69, 9.17) is 0 Å². The Bertz CT molecular complexity index is 800. The number of para-hydroxylation sites is 1. The summed E-state index contributed by atoms with van der Waals surface area (Å²) in [5.74, 6) is -0.269. The predicted octanol–water partition coefficient (Wildman–Crippen LogP) is 2.82. The van der Waals surface area contributed by atoms with Gasteiger partial charge < -0.3 is 5.32 Å². The van der Waals surface area contributed by atoms with Gasteiger partial charge in [-0.2, -0.15) is 0 Å².